The van der Waals surface area contributed by atoms with Crippen molar-refractivity contribution < 1.29 is 4.79 Å². The van der Waals surface area contributed by atoms with E-state index in [1.54, 1.807) is 6.33 Å². The average Bonchev–Trinajstić information content (AvgIpc) is 2.98. The van der Waals surface area contributed by atoms with Gasteiger partial charge in [-0.05, 0) is 56.9 Å². The van der Waals surface area contributed by atoms with Gasteiger partial charge in [-0.25, -0.2) is 9.97 Å². The van der Waals surface area contributed by atoms with Crippen LogP contribution < -0.4 is 4.90 Å². The molecular weight excluding hydrogens is 518 g/mol. The van der Waals surface area contributed by atoms with E-state index in [9.17, 15) is 4.79 Å². The number of carbonyl (C=O) groups excluding carboxylic acids is 1. The summed E-state index contributed by atoms with van der Waals surface area (Å²) in [4.78, 5) is 26.0. The Morgan fingerprint density at radius 2 is 1.74 bits per heavy atom. The summed E-state index contributed by atoms with van der Waals surface area (Å²) in [5.74, 6) is 1.16. The van der Waals surface area contributed by atoms with Gasteiger partial charge < -0.3 is 9.80 Å². The number of aromatic nitrogens is 2. The molecule has 0 saturated carbocycles. The third-order valence-electron chi connectivity index (χ3n) is 6.99. The molecule has 0 unspecified atom stereocenters. The molecule has 1 amide bonds. The maximum atomic E-state index is 12.6. The van der Waals surface area contributed by atoms with Gasteiger partial charge >= 0.3 is 0 Å². The Morgan fingerprint density at radius 1 is 1.07 bits per heavy atom. The van der Waals surface area contributed by atoms with E-state index in [4.69, 9.17) is 5.26 Å². The second kappa shape index (κ2) is 17.1. The van der Waals surface area contributed by atoms with E-state index in [1.807, 2.05) is 63.0 Å². The predicted octanol–water partition coefficient (Wildman–Crippen LogP) is 8.08. The monoisotopic (exact) mass is 567 g/mol. The van der Waals surface area contributed by atoms with Gasteiger partial charge in [-0.1, -0.05) is 95.2 Å². The standard InChI is InChI=1S/C23H30N4O.C13H19N/c1-6-19(18-10-8-7-9-11-18)20-17(2)24-16-25-21(20)26-12-14-27(15-13-26)22(28)23(3,4)5;1-4-6-7-9-13(11-14)10-12(3)8-5-2/h6-11,16H,12-15H2,1-5H3;6-7,9-10H,4-5,8H2,1-3H3/b19-6-;7-6+,12-10+,13-9+. The number of piperazine rings is 1. The minimum Gasteiger partial charge on any atom is -0.352 e. The number of nitriles is 1. The van der Waals surface area contributed by atoms with Crippen molar-refractivity contribution in [3.05, 3.63) is 95.0 Å². The molecule has 0 N–H and O–H groups in total. The molecule has 0 spiro atoms. The zero-order chi connectivity index (χ0) is 31.1. The summed E-state index contributed by atoms with van der Waals surface area (Å²) < 4.78 is 0. The molecule has 2 heterocycles. The number of anilines is 1. The Morgan fingerprint density at radius 3 is 2.29 bits per heavy atom. The SMILES string of the molecule is C/C=C(/c1ccccc1)c1c(C)ncnc1N1CCN(C(=O)C(C)(C)C)CC1.CC/C=C/C=C(C#N)\C=C(/C)CCC. The van der Waals surface area contributed by atoms with E-state index in [1.165, 1.54) is 5.57 Å². The lowest BCUT2D eigenvalue weighted by molar-refractivity contribution is -0.139. The molecule has 224 valence electrons. The van der Waals surface area contributed by atoms with Gasteiger partial charge in [0.25, 0.3) is 0 Å². The summed E-state index contributed by atoms with van der Waals surface area (Å²) in [6.07, 6.45) is 14.8. The van der Waals surface area contributed by atoms with Gasteiger partial charge in [-0.3, -0.25) is 4.79 Å². The Balaban J connectivity index is 0.000000374. The van der Waals surface area contributed by atoms with Crippen molar-refractivity contribution in [2.75, 3.05) is 31.1 Å². The van der Waals surface area contributed by atoms with Crippen LogP contribution in [0.25, 0.3) is 5.57 Å². The van der Waals surface area contributed by atoms with Crippen molar-refractivity contribution >= 4 is 17.3 Å². The number of rotatable bonds is 8. The van der Waals surface area contributed by atoms with Crippen LogP contribution in [-0.4, -0.2) is 47.0 Å². The van der Waals surface area contributed by atoms with E-state index < -0.39 is 0 Å². The van der Waals surface area contributed by atoms with E-state index in [-0.39, 0.29) is 11.3 Å². The van der Waals surface area contributed by atoms with Crippen LogP contribution in [0, 0.1) is 23.7 Å². The van der Waals surface area contributed by atoms with Crippen LogP contribution in [0.4, 0.5) is 5.82 Å². The van der Waals surface area contributed by atoms with Crippen molar-refractivity contribution in [3.63, 3.8) is 0 Å². The lowest BCUT2D eigenvalue weighted by Crippen LogP contribution is -2.52. The number of benzene rings is 1. The predicted molar refractivity (Wildman–Crippen MR) is 176 cm³/mol. The summed E-state index contributed by atoms with van der Waals surface area (Å²) in [6.45, 7) is 19.3. The van der Waals surface area contributed by atoms with Crippen molar-refractivity contribution in [1.29, 1.82) is 5.26 Å². The van der Waals surface area contributed by atoms with Crippen molar-refractivity contribution in [2.24, 2.45) is 5.41 Å². The lowest BCUT2D eigenvalue weighted by Gasteiger charge is -2.39. The van der Waals surface area contributed by atoms with Gasteiger partial charge in [0.15, 0.2) is 0 Å². The quantitative estimate of drug-likeness (QED) is 0.238. The maximum absolute atomic E-state index is 12.6. The van der Waals surface area contributed by atoms with Gasteiger partial charge in [-0.2, -0.15) is 5.26 Å². The third-order valence-corrected chi connectivity index (χ3v) is 6.99. The summed E-state index contributed by atoms with van der Waals surface area (Å²) in [5, 5.41) is 8.85. The Labute approximate surface area is 254 Å². The Kier molecular flexibility index (Phi) is 13.9. The number of nitrogens with zero attached hydrogens (tertiary/aromatic N) is 5. The van der Waals surface area contributed by atoms with E-state index in [2.05, 4.69) is 79.0 Å². The molecule has 6 nitrogen and oxygen atoms in total. The van der Waals surface area contributed by atoms with Crippen molar-refractivity contribution in [2.45, 2.75) is 74.7 Å². The molecular formula is C36H49N5O. The van der Waals surface area contributed by atoms with E-state index in [0.29, 0.717) is 0 Å². The summed E-state index contributed by atoms with van der Waals surface area (Å²) in [5.41, 5.74) is 6.00. The first-order valence-electron chi connectivity index (χ1n) is 15.1. The minimum absolute atomic E-state index is 0.213. The Bertz CT molecular complexity index is 1310. The number of hydrogen-bond donors (Lipinski definition) is 0. The lowest BCUT2D eigenvalue weighted by atomic mass is 9.94. The molecule has 1 aliphatic rings. The molecule has 1 aromatic heterocycles. The fourth-order valence-corrected chi connectivity index (χ4v) is 4.84. The van der Waals surface area contributed by atoms with Crippen molar-refractivity contribution in [1.82, 2.24) is 14.9 Å². The molecule has 42 heavy (non-hydrogen) atoms. The molecule has 1 aromatic carbocycles. The van der Waals surface area contributed by atoms with Crippen LogP contribution in [0.2, 0.25) is 0 Å². The second-order valence-electron chi connectivity index (χ2n) is 11.6. The highest BCUT2D eigenvalue weighted by Gasteiger charge is 2.31. The number of allylic oxidation sites excluding steroid dienone is 7. The first-order valence-corrected chi connectivity index (χ1v) is 15.1. The van der Waals surface area contributed by atoms with E-state index >= 15 is 0 Å². The smallest absolute Gasteiger partial charge is 0.228 e. The first kappa shape index (κ1) is 34.2. The average molecular weight is 568 g/mol. The number of aryl methyl sites for hydroxylation is 1. The molecule has 0 aliphatic carbocycles. The van der Waals surface area contributed by atoms with Gasteiger partial charge in [0, 0.05) is 37.2 Å². The second-order valence-corrected chi connectivity index (χ2v) is 11.6. The normalized spacial score (nSPS) is 14.9. The molecule has 0 atom stereocenters. The molecule has 3 rings (SSSR count). The Hall–Kier alpha value is -3.98. The number of carbonyl (C=O) groups is 1. The summed E-state index contributed by atoms with van der Waals surface area (Å²) in [7, 11) is 0. The topological polar surface area (TPSA) is 73.1 Å². The highest BCUT2D eigenvalue weighted by Crippen LogP contribution is 2.32. The molecule has 1 fully saturated rings. The van der Waals surface area contributed by atoms with Gasteiger partial charge in [-0.15, -0.1) is 0 Å². The number of amides is 1. The zero-order valence-corrected chi connectivity index (χ0v) is 26.9. The largest absolute Gasteiger partial charge is 0.352 e. The fraction of sp³-hybridized carbons (Fsp3) is 0.444. The van der Waals surface area contributed by atoms with Crippen LogP contribution in [0.1, 0.15) is 84.5 Å². The van der Waals surface area contributed by atoms with Crippen LogP contribution in [-0.2, 0) is 4.79 Å². The highest BCUT2D eigenvalue weighted by atomic mass is 16.2. The molecule has 1 aliphatic heterocycles. The highest BCUT2D eigenvalue weighted by molar-refractivity contribution is 5.86. The van der Waals surface area contributed by atoms with Crippen LogP contribution in [0.3, 0.4) is 0 Å². The minimum atomic E-state index is -0.343. The summed E-state index contributed by atoms with van der Waals surface area (Å²) >= 11 is 0. The van der Waals surface area contributed by atoms with E-state index in [0.717, 1.165) is 79.2 Å². The molecule has 0 radical (unpaired) electrons. The van der Waals surface area contributed by atoms with Gasteiger partial charge in [0.2, 0.25) is 5.91 Å². The number of hydrogen-bond acceptors (Lipinski definition) is 5. The van der Waals surface area contributed by atoms with Crippen LogP contribution >= 0.6 is 0 Å². The van der Waals surface area contributed by atoms with Gasteiger partial charge in [0.05, 0.1) is 17.3 Å². The first-order chi connectivity index (χ1) is 20.1. The third kappa shape index (κ3) is 10.1. The maximum Gasteiger partial charge on any atom is 0.228 e. The molecule has 1 saturated heterocycles. The summed E-state index contributed by atoms with van der Waals surface area (Å²) in [6, 6.07) is 12.5. The fourth-order valence-electron chi connectivity index (χ4n) is 4.84. The molecule has 6 heteroatoms. The molecule has 0 bridgehead atoms. The molecule has 2 aromatic rings. The van der Waals surface area contributed by atoms with Gasteiger partial charge in [0.1, 0.15) is 12.1 Å². The van der Waals surface area contributed by atoms with Crippen LogP contribution in [0.5, 0.6) is 0 Å². The zero-order valence-electron chi connectivity index (χ0n) is 26.9. The van der Waals surface area contributed by atoms with Crippen LogP contribution in [0.15, 0.2) is 78.2 Å². The van der Waals surface area contributed by atoms with Crippen molar-refractivity contribution in [3.8, 4) is 6.07 Å².